The molecule has 30 aromatic rings. The molecule has 0 saturated heterocycles. The van der Waals surface area contributed by atoms with Crippen LogP contribution in [0.25, 0.3) is 217 Å². The number of carbonyl (C=O) groups excluding carboxylic acids is 2. The van der Waals surface area contributed by atoms with Crippen LogP contribution in [0.15, 0.2) is 473 Å². The Morgan fingerprint density at radius 2 is 0.473 bits per heavy atom. The van der Waals surface area contributed by atoms with Crippen LogP contribution in [0.1, 0.15) is 20.3 Å². The van der Waals surface area contributed by atoms with Crippen LogP contribution < -0.4 is 19.6 Å². The monoisotopic (exact) mass is 2070 g/mol. The molecule has 0 saturated carbocycles. The number of rotatable bonds is 16. The summed E-state index contributed by atoms with van der Waals surface area (Å²) in [4.78, 5) is 51.4. The first-order valence-corrected chi connectivity index (χ1v) is 49.9. The topological polar surface area (TPSA) is 98.7 Å². The van der Waals surface area contributed by atoms with Gasteiger partial charge in [0.25, 0.3) is 0 Å². The summed E-state index contributed by atoms with van der Waals surface area (Å²) in [6.45, 7) is 2.81. The van der Waals surface area contributed by atoms with Gasteiger partial charge in [0.2, 0.25) is 0 Å². The van der Waals surface area contributed by atoms with Crippen LogP contribution >= 0.6 is 0 Å². The van der Waals surface area contributed by atoms with E-state index < -0.39 is 0 Å². The number of carbonyl (C=O) groups is 2. The number of anilines is 12. The fourth-order valence-electron chi connectivity index (χ4n) is 23.3. The van der Waals surface area contributed by atoms with E-state index in [0.717, 1.165) is 156 Å². The molecule has 0 amide bonds. The number of aromatic nitrogens is 4. The van der Waals surface area contributed by atoms with E-state index in [0.29, 0.717) is 0 Å². The van der Waals surface area contributed by atoms with Crippen molar-refractivity contribution in [1.82, 2.24) is 19.9 Å². The van der Waals surface area contributed by atoms with Crippen LogP contribution in [0.2, 0.25) is 0 Å². The maximum absolute atomic E-state index is 10.0. The van der Waals surface area contributed by atoms with E-state index in [-0.39, 0.29) is 38.1 Å². The van der Waals surface area contributed by atoms with Crippen molar-refractivity contribution in [3.8, 4) is 22.5 Å². The molecule has 11 heteroatoms. The molecule has 0 radical (unpaired) electrons. The van der Waals surface area contributed by atoms with Crippen molar-refractivity contribution >= 4 is 274 Å². The zero-order valence-electron chi connectivity index (χ0n) is 80.5. The number of hydrogen-bond donors (Lipinski definition) is 0. The molecule has 28 aromatic carbocycles. The Kier molecular flexibility index (Phi) is 21.4. The van der Waals surface area contributed by atoms with E-state index in [4.69, 9.17) is 19.9 Å². The van der Waals surface area contributed by atoms with Gasteiger partial charge in [0, 0.05) is 90.2 Å². The Morgan fingerprint density at radius 1 is 0.216 bits per heavy atom. The Bertz CT molecular complexity index is 9930. The summed E-state index contributed by atoms with van der Waals surface area (Å²) in [5, 5.41) is 38.0. The van der Waals surface area contributed by atoms with Crippen molar-refractivity contribution in [2.24, 2.45) is 0 Å². The van der Waals surface area contributed by atoms with Crippen molar-refractivity contribution in [2.45, 2.75) is 20.3 Å². The molecule has 0 aliphatic carbocycles. The van der Waals surface area contributed by atoms with Gasteiger partial charge in [-0.15, -0.1) is 47.2 Å². The quantitative estimate of drug-likeness (QED) is 0.0528. The Morgan fingerprint density at radius 3 is 0.764 bits per heavy atom. The van der Waals surface area contributed by atoms with E-state index in [2.05, 4.69) is 481 Å². The molecule has 0 atom stereocenters. The first kappa shape index (κ1) is 88.2. The summed E-state index contributed by atoms with van der Waals surface area (Å²) in [6, 6.07) is 175. The standard InChI is InChI=1S/2C66H39N4.C5H8O2.Ir/c2*1-4-14-41(15-5-1)58-40-67-65-56-38-50(69(48-22-6-2-7-23-48)59-36-46-20-10-16-42-28-30-44-18-12-26-54(59)63(44)61(42)46)32-34-52(56)53-35-33-51(39-57(53)66(65)68-58)70(49-24-8-3-9-25-49)60-37-47-21-11-17-43-29-31-45-19-13-27-55(60)64(45)62(43)47;1-4(6)3-5(2)7;/h2*1-37,39-40H;3H2,1-2H3;/q2*-1;;+3. The van der Waals surface area contributed by atoms with E-state index in [1.807, 2.05) is 24.5 Å². The first-order chi connectivity index (χ1) is 72.6. The predicted octanol–water partition coefficient (Wildman–Crippen LogP) is 36.8. The third-order valence-corrected chi connectivity index (χ3v) is 29.6. The maximum Gasteiger partial charge on any atom is 3.00 e. The minimum atomic E-state index is -0.0625. The zero-order valence-corrected chi connectivity index (χ0v) is 82.9. The minimum absolute atomic E-state index is 0. The Balaban J connectivity index is 0.000000136. The van der Waals surface area contributed by atoms with E-state index in [1.54, 1.807) is 0 Å². The maximum atomic E-state index is 10.0. The smallest absolute Gasteiger partial charge is 0.328 e. The summed E-state index contributed by atoms with van der Waals surface area (Å²) in [5.41, 5.74) is 19.5. The Hall–Kier alpha value is -18.8. The average Bonchev–Trinajstić information content (AvgIpc) is 0.716. The second kappa shape index (κ2) is 36.0. The van der Waals surface area contributed by atoms with Crippen LogP contribution in [-0.2, 0) is 29.7 Å². The molecule has 2 aromatic heterocycles. The summed E-state index contributed by atoms with van der Waals surface area (Å²) < 4.78 is 0. The van der Waals surface area contributed by atoms with Crippen molar-refractivity contribution in [2.75, 3.05) is 19.6 Å². The van der Waals surface area contributed by atoms with Crippen molar-refractivity contribution < 1.29 is 29.7 Å². The second-order valence-corrected chi connectivity index (χ2v) is 38.4. The molecule has 0 aliphatic rings. The van der Waals surface area contributed by atoms with Crippen LogP contribution in [0.4, 0.5) is 68.2 Å². The molecule has 0 unspecified atom stereocenters. The fraction of sp³-hybridized carbons (Fsp3) is 0.0219. The van der Waals surface area contributed by atoms with Gasteiger partial charge in [-0.3, -0.25) is 19.6 Å². The van der Waals surface area contributed by atoms with Gasteiger partial charge in [-0.2, -0.15) is 0 Å². The van der Waals surface area contributed by atoms with Gasteiger partial charge in [-0.1, -0.05) is 361 Å². The second-order valence-electron chi connectivity index (χ2n) is 38.4. The van der Waals surface area contributed by atoms with Gasteiger partial charge in [-0.05, 0) is 241 Å². The van der Waals surface area contributed by atoms with Gasteiger partial charge in [0.15, 0.2) is 0 Å². The summed E-state index contributed by atoms with van der Waals surface area (Å²) in [7, 11) is 0. The SMILES string of the molecule is CC(=O)CC(C)=O.[Ir+3].[c-]1c(N(c2ccccc2)c2cc3cccc4ccc5cccc2c5c43)ccc2c1c1ncc(-c3ccccc3)nc1c1cc(N(c3ccccc3)c3cc4cccc5ccc6cccc3c6c54)ccc21.[c-]1c(N(c2ccccc2)c2cc3cccc4ccc5cccc2c5c43)ccc2c1c1ncc(-c3ccccc3)nc1c1cc(N(c3ccccc3)c3cc4cccc5ccc6cccc3c6c54)ccc21. The number of fused-ring (bicyclic) bond motifs is 12. The number of benzene rings is 28. The van der Waals surface area contributed by atoms with E-state index in [9.17, 15) is 9.59 Å². The summed E-state index contributed by atoms with van der Waals surface area (Å²) >= 11 is 0. The molecule has 694 valence electrons. The van der Waals surface area contributed by atoms with Crippen LogP contribution in [0.5, 0.6) is 0 Å². The molecule has 0 fully saturated rings. The van der Waals surface area contributed by atoms with Crippen molar-refractivity contribution in [1.29, 1.82) is 0 Å². The largest absolute Gasteiger partial charge is 3.00 e. The number of hydrogen-bond acceptors (Lipinski definition) is 10. The first-order valence-electron chi connectivity index (χ1n) is 49.9. The zero-order chi connectivity index (χ0) is 97.6. The Labute approximate surface area is 865 Å². The molecule has 2 heterocycles. The van der Waals surface area contributed by atoms with Gasteiger partial charge in [0.1, 0.15) is 11.6 Å². The minimum Gasteiger partial charge on any atom is -0.328 e. The number of para-hydroxylation sites is 4. The number of nitrogens with zero attached hydrogens (tertiary/aromatic N) is 8. The van der Waals surface area contributed by atoms with Crippen LogP contribution in [-0.4, -0.2) is 31.5 Å². The molecule has 0 aliphatic heterocycles. The summed E-state index contributed by atoms with van der Waals surface area (Å²) in [5.74, 6) is -0.125. The van der Waals surface area contributed by atoms with E-state index >= 15 is 0 Å². The van der Waals surface area contributed by atoms with Crippen molar-refractivity contribution in [3.05, 3.63) is 486 Å². The van der Waals surface area contributed by atoms with E-state index in [1.165, 1.54) is 143 Å². The van der Waals surface area contributed by atoms with Gasteiger partial charge in [0.05, 0.1) is 51.6 Å². The fourth-order valence-corrected chi connectivity index (χ4v) is 23.3. The normalized spacial score (nSPS) is 11.7. The van der Waals surface area contributed by atoms with Gasteiger partial charge >= 0.3 is 20.1 Å². The van der Waals surface area contributed by atoms with Gasteiger partial charge < -0.3 is 29.6 Å². The number of ketones is 2. The molecule has 0 bridgehead atoms. The predicted molar refractivity (Wildman–Crippen MR) is 617 cm³/mol. The molecule has 148 heavy (non-hydrogen) atoms. The molecule has 0 N–H and O–H groups in total. The third kappa shape index (κ3) is 14.7. The summed E-state index contributed by atoms with van der Waals surface area (Å²) in [6.07, 6.45) is 3.93. The van der Waals surface area contributed by atoms with Gasteiger partial charge in [-0.25, -0.2) is 0 Å². The third-order valence-electron chi connectivity index (χ3n) is 29.6. The molecule has 30 rings (SSSR count). The molecular formula is C137H86IrN8O2+. The number of Topliss-reactive ketones (excluding diaryl/α,β-unsaturated/α-hetero) is 2. The van der Waals surface area contributed by atoms with Crippen LogP contribution in [0.3, 0.4) is 0 Å². The van der Waals surface area contributed by atoms with Crippen molar-refractivity contribution in [3.63, 3.8) is 0 Å². The van der Waals surface area contributed by atoms with Crippen LogP contribution in [0, 0.1) is 12.1 Å². The molecule has 10 nitrogen and oxygen atoms in total. The molecular weight excluding hydrogens is 1980 g/mol. The molecule has 0 spiro atoms. The average molecular weight is 2070 g/mol.